The van der Waals surface area contributed by atoms with Crippen LogP contribution in [-0.4, -0.2) is 31.6 Å². The Kier molecular flexibility index (Phi) is 6.50. The van der Waals surface area contributed by atoms with Crippen LogP contribution in [0.4, 0.5) is 26.3 Å². The van der Waals surface area contributed by atoms with Crippen molar-refractivity contribution in [3.8, 4) is 11.1 Å². The topological polar surface area (TPSA) is 105 Å². The van der Waals surface area contributed by atoms with Crippen LogP contribution < -0.4 is 10.6 Å². The Bertz CT molecular complexity index is 2100. The van der Waals surface area contributed by atoms with Gasteiger partial charge in [0.2, 0.25) is 5.91 Å². The molecule has 3 atom stereocenters. The predicted molar refractivity (Wildman–Crippen MR) is 156 cm³/mol. The molecule has 47 heavy (non-hydrogen) atoms. The molecule has 5 aromatic rings. The number of carbonyl (C=O) groups excluding carboxylic acids is 2. The molecular formula is C33H24F6N6O2. The van der Waals surface area contributed by atoms with Gasteiger partial charge in [-0.2, -0.15) is 13.9 Å². The average molecular weight is 651 g/mol. The molecule has 2 unspecified atom stereocenters. The lowest BCUT2D eigenvalue weighted by Gasteiger charge is -2.23. The van der Waals surface area contributed by atoms with Gasteiger partial charge in [-0.3, -0.25) is 14.3 Å². The van der Waals surface area contributed by atoms with Gasteiger partial charge < -0.3 is 15.6 Å². The van der Waals surface area contributed by atoms with Crippen LogP contribution in [0.5, 0.6) is 0 Å². The molecule has 0 radical (unpaired) electrons. The molecule has 1 fully saturated rings. The number of carbonyl (C=O) groups is 2. The van der Waals surface area contributed by atoms with E-state index in [0.29, 0.717) is 45.0 Å². The first kappa shape index (κ1) is 29.3. The SMILES string of the molecule is O=C(Cn1nc(C(F)F)c2c1C(F)(F)C1C[C@H]21)NC(Cc1cc(F)cc(F)c1)c1nc2cc[nH]c2cc1-c1ccc2c(c1)C(=O)NC2. The van der Waals surface area contributed by atoms with Crippen LogP contribution in [0.2, 0.25) is 0 Å². The number of hydrogen-bond donors (Lipinski definition) is 3. The van der Waals surface area contributed by atoms with E-state index >= 15 is 8.78 Å². The predicted octanol–water partition coefficient (Wildman–Crippen LogP) is 6.19. The second kappa shape index (κ2) is 10.4. The number of halogens is 6. The monoisotopic (exact) mass is 650 g/mol. The second-order valence-corrected chi connectivity index (χ2v) is 12.2. The van der Waals surface area contributed by atoms with Gasteiger partial charge in [0.15, 0.2) is 0 Å². The van der Waals surface area contributed by atoms with Crippen LogP contribution in [0.1, 0.15) is 68.9 Å². The molecule has 8 nitrogen and oxygen atoms in total. The summed E-state index contributed by atoms with van der Waals surface area (Å²) in [6.07, 6.45) is -1.56. The highest BCUT2D eigenvalue weighted by molar-refractivity contribution is 5.99. The summed E-state index contributed by atoms with van der Waals surface area (Å²) in [6, 6.07) is 10.5. The maximum atomic E-state index is 15.2. The molecule has 0 spiro atoms. The van der Waals surface area contributed by atoms with E-state index in [1.165, 1.54) is 0 Å². The van der Waals surface area contributed by atoms with Crippen molar-refractivity contribution in [3.63, 3.8) is 0 Å². The smallest absolute Gasteiger partial charge is 0.293 e. The fourth-order valence-corrected chi connectivity index (χ4v) is 7.01. The number of fused-ring (bicyclic) bond motifs is 5. The van der Waals surface area contributed by atoms with Crippen molar-refractivity contribution in [2.45, 2.75) is 50.2 Å². The third kappa shape index (κ3) is 4.84. The Hall–Kier alpha value is -5.14. The van der Waals surface area contributed by atoms with Gasteiger partial charge in [-0.05, 0) is 65.8 Å². The van der Waals surface area contributed by atoms with Crippen molar-refractivity contribution in [2.75, 3.05) is 0 Å². The Morgan fingerprint density at radius 2 is 1.83 bits per heavy atom. The number of nitrogens with zero attached hydrogens (tertiary/aromatic N) is 3. The van der Waals surface area contributed by atoms with Gasteiger partial charge in [0.1, 0.15) is 29.6 Å². The number of aromatic nitrogens is 4. The van der Waals surface area contributed by atoms with Crippen molar-refractivity contribution in [1.29, 1.82) is 0 Å². The quantitative estimate of drug-likeness (QED) is 0.174. The van der Waals surface area contributed by atoms with E-state index in [1.807, 2.05) is 0 Å². The molecule has 240 valence electrons. The van der Waals surface area contributed by atoms with Crippen molar-refractivity contribution < 1.29 is 35.9 Å². The lowest BCUT2D eigenvalue weighted by atomic mass is 9.93. The van der Waals surface area contributed by atoms with Crippen LogP contribution in [0, 0.1) is 17.6 Å². The lowest BCUT2D eigenvalue weighted by molar-refractivity contribution is -0.123. The van der Waals surface area contributed by atoms with E-state index in [1.54, 1.807) is 36.5 Å². The largest absolute Gasteiger partial charge is 0.360 e. The number of amides is 2. The maximum Gasteiger partial charge on any atom is 0.293 e. The van der Waals surface area contributed by atoms with Crippen molar-refractivity contribution in [2.24, 2.45) is 5.92 Å². The molecule has 1 aliphatic heterocycles. The average Bonchev–Trinajstić information content (AvgIpc) is 3.25. The minimum absolute atomic E-state index is 0.0737. The first-order valence-corrected chi connectivity index (χ1v) is 14.9. The molecule has 1 saturated carbocycles. The number of aromatic amines is 1. The van der Waals surface area contributed by atoms with Gasteiger partial charge in [0.05, 0.1) is 22.8 Å². The molecule has 2 aliphatic carbocycles. The fraction of sp³-hybridized carbons (Fsp3) is 0.273. The van der Waals surface area contributed by atoms with Crippen LogP contribution in [0.3, 0.4) is 0 Å². The van der Waals surface area contributed by atoms with Gasteiger partial charge in [0, 0.05) is 41.4 Å². The molecule has 3 N–H and O–H groups in total. The van der Waals surface area contributed by atoms with Crippen LogP contribution in [-0.2, 0) is 30.2 Å². The zero-order valence-electron chi connectivity index (χ0n) is 24.3. The number of hydrogen-bond acceptors (Lipinski definition) is 4. The Morgan fingerprint density at radius 3 is 2.60 bits per heavy atom. The van der Waals surface area contributed by atoms with Gasteiger partial charge in [-0.1, -0.05) is 12.1 Å². The molecule has 3 aromatic heterocycles. The van der Waals surface area contributed by atoms with Crippen LogP contribution in [0.25, 0.3) is 22.2 Å². The third-order valence-electron chi connectivity index (χ3n) is 9.15. The van der Waals surface area contributed by atoms with E-state index < -0.39 is 65.7 Å². The van der Waals surface area contributed by atoms with E-state index in [9.17, 15) is 27.2 Å². The Balaban J connectivity index is 1.21. The molecule has 2 aromatic carbocycles. The van der Waals surface area contributed by atoms with E-state index in [4.69, 9.17) is 4.98 Å². The van der Waals surface area contributed by atoms with Gasteiger partial charge in [0.25, 0.3) is 18.3 Å². The molecule has 8 rings (SSSR count). The van der Waals surface area contributed by atoms with Gasteiger partial charge in [-0.15, -0.1) is 0 Å². The normalized spacial score (nSPS) is 19.4. The highest BCUT2D eigenvalue weighted by Gasteiger charge is 2.67. The van der Waals surface area contributed by atoms with E-state index in [2.05, 4.69) is 20.7 Å². The standard InChI is InChI=1S/C33H24F6N6O2/c34-17-5-14(6-18(35)9-17)7-25(42-26(46)13-45-30-27(29(44-45)31(36)37)21-10-22(21)33(30,38)39)28-19(11-24-23(43-28)3-4-40-24)15-1-2-16-12-41-32(47)20(16)8-15/h1-6,8-9,11,21-22,25,31,40H,7,10,12-13H2,(H,41,47)(H,42,46)/t21-,22?,25?/m0/s1. The first-order valence-electron chi connectivity index (χ1n) is 14.9. The number of alkyl halides is 4. The molecule has 3 aliphatic rings. The maximum absolute atomic E-state index is 15.2. The van der Waals surface area contributed by atoms with Gasteiger partial charge >= 0.3 is 0 Å². The molecule has 0 bridgehead atoms. The van der Waals surface area contributed by atoms with E-state index in [-0.39, 0.29) is 35.6 Å². The van der Waals surface area contributed by atoms with E-state index in [0.717, 1.165) is 17.7 Å². The number of pyridine rings is 1. The zero-order chi connectivity index (χ0) is 32.8. The second-order valence-electron chi connectivity index (χ2n) is 12.2. The summed E-state index contributed by atoms with van der Waals surface area (Å²) in [5.74, 6) is -8.08. The number of H-pyrrole nitrogens is 1. The Morgan fingerprint density at radius 1 is 1.04 bits per heavy atom. The van der Waals surface area contributed by atoms with Crippen molar-refractivity contribution in [3.05, 3.63) is 106 Å². The summed E-state index contributed by atoms with van der Waals surface area (Å²) in [7, 11) is 0. The summed E-state index contributed by atoms with van der Waals surface area (Å²) in [6.45, 7) is -0.442. The highest BCUT2D eigenvalue weighted by Crippen LogP contribution is 2.68. The molecule has 0 saturated heterocycles. The summed E-state index contributed by atoms with van der Waals surface area (Å²) < 4.78 is 87.3. The molecule has 4 heterocycles. The summed E-state index contributed by atoms with van der Waals surface area (Å²) in [4.78, 5) is 34.0. The Labute approximate surface area is 262 Å². The minimum atomic E-state index is -3.42. The summed E-state index contributed by atoms with van der Waals surface area (Å²) in [5, 5.41) is 9.25. The summed E-state index contributed by atoms with van der Waals surface area (Å²) in [5.41, 5.74) is 2.20. The lowest BCUT2D eigenvalue weighted by Crippen LogP contribution is -2.35. The fourth-order valence-electron chi connectivity index (χ4n) is 7.01. The highest BCUT2D eigenvalue weighted by atomic mass is 19.3. The number of benzene rings is 2. The summed E-state index contributed by atoms with van der Waals surface area (Å²) >= 11 is 0. The van der Waals surface area contributed by atoms with Crippen LogP contribution >= 0.6 is 0 Å². The molecule has 2 amide bonds. The number of rotatable bonds is 8. The van der Waals surface area contributed by atoms with Crippen LogP contribution in [0.15, 0.2) is 54.7 Å². The first-order chi connectivity index (χ1) is 22.5. The zero-order valence-corrected chi connectivity index (χ0v) is 24.3. The number of nitrogens with one attached hydrogen (secondary N) is 3. The third-order valence-corrected chi connectivity index (χ3v) is 9.15. The van der Waals surface area contributed by atoms with Crippen molar-refractivity contribution in [1.82, 2.24) is 30.4 Å². The molecule has 14 heteroatoms. The minimum Gasteiger partial charge on any atom is -0.360 e. The van der Waals surface area contributed by atoms with Crippen molar-refractivity contribution >= 4 is 22.8 Å². The van der Waals surface area contributed by atoms with Gasteiger partial charge in [-0.25, -0.2) is 22.5 Å². The molecular weight excluding hydrogens is 626 g/mol.